The van der Waals surface area contributed by atoms with Crippen molar-refractivity contribution in [3.63, 3.8) is 0 Å². The number of amides is 1. The summed E-state index contributed by atoms with van der Waals surface area (Å²) in [6, 6.07) is 0.316. The third kappa shape index (κ3) is 3.32. The summed E-state index contributed by atoms with van der Waals surface area (Å²) >= 11 is 0. The summed E-state index contributed by atoms with van der Waals surface area (Å²) in [5.74, 6) is 0.568. The zero-order chi connectivity index (χ0) is 9.68. The molecule has 1 fully saturated rings. The van der Waals surface area contributed by atoms with E-state index in [9.17, 15) is 4.79 Å². The maximum absolute atomic E-state index is 11.1. The van der Waals surface area contributed by atoms with Crippen molar-refractivity contribution >= 4 is 5.91 Å². The maximum atomic E-state index is 11.1. The smallest absolute Gasteiger partial charge is 0.246 e. The van der Waals surface area contributed by atoms with Gasteiger partial charge in [-0.3, -0.25) is 4.79 Å². The van der Waals surface area contributed by atoms with E-state index in [1.807, 2.05) is 0 Å². The van der Waals surface area contributed by atoms with Crippen LogP contribution >= 0.6 is 0 Å². The zero-order valence-electron chi connectivity index (χ0n) is 8.08. The van der Waals surface area contributed by atoms with Gasteiger partial charge in [0.05, 0.1) is 0 Å². The maximum Gasteiger partial charge on any atom is 0.246 e. The van der Waals surface area contributed by atoms with Crippen LogP contribution in [0.1, 0.15) is 19.3 Å². The van der Waals surface area contributed by atoms with Crippen molar-refractivity contribution in [1.29, 1.82) is 0 Å². The fourth-order valence-electron chi connectivity index (χ4n) is 1.82. The van der Waals surface area contributed by atoms with E-state index in [1.165, 1.54) is 7.11 Å². The molecular weight excluding hydrogens is 168 g/mol. The van der Waals surface area contributed by atoms with Gasteiger partial charge in [-0.1, -0.05) is 0 Å². The van der Waals surface area contributed by atoms with Crippen LogP contribution in [0.15, 0.2) is 0 Å². The van der Waals surface area contributed by atoms with Crippen LogP contribution in [0.2, 0.25) is 0 Å². The van der Waals surface area contributed by atoms with Crippen LogP contribution in [0.4, 0.5) is 0 Å². The Morgan fingerprint density at radius 3 is 2.92 bits per heavy atom. The van der Waals surface area contributed by atoms with Crippen LogP contribution in [-0.2, 0) is 9.53 Å². The SMILES string of the molecule is COCC(=O)N[C@@H]1CC[C@H](CN)C1. The molecule has 0 spiro atoms. The van der Waals surface area contributed by atoms with Gasteiger partial charge in [0.1, 0.15) is 6.61 Å². The molecule has 4 nitrogen and oxygen atoms in total. The Labute approximate surface area is 78.8 Å². The first-order valence-corrected chi connectivity index (χ1v) is 4.74. The molecule has 0 aliphatic heterocycles. The lowest BCUT2D eigenvalue weighted by molar-refractivity contribution is -0.125. The average molecular weight is 186 g/mol. The first-order chi connectivity index (χ1) is 6.26. The van der Waals surface area contributed by atoms with Crippen LogP contribution in [0.3, 0.4) is 0 Å². The first-order valence-electron chi connectivity index (χ1n) is 4.74. The molecule has 76 valence electrons. The average Bonchev–Trinajstić information content (AvgIpc) is 2.52. The number of ether oxygens (including phenoxy) is 1. The van der Waals surface area contributed by atoms with Gasteiger partial charge in [0.15, 0.2) is 0 Å². The van der Waals surface area contributed by atoms with Crippen LogP contribution in [0.25, 0.3) is 0 Å². The number of nitrogens with one attached hydrogen (secondary N) is 1. The van der Waals surface area contributed by atoms with E-state index >= 15 is 0 Å². The Morgan fingerprint density at radius 2 is 2.38 bits per heavy atom. The molecule has 0 unspecified atom stereocenters. The molecule has 0 saturated heterocycles. The molecule has 0 radical (unpaired) electrons. The monoisotopic (exact) mass is 186 g/mol. The molecule has 2 atom stereocenters. The topological polar surface area (TPSA) is 64.3 Å². The molecule has 0 bridgehead atoms. The van der Waals surface area contributed by atoms with E-state index in [0.717, 1.165) is 25.8 Å². The standard InChI is InChI=1S/C9H18N2O2/c1-13-6-9(12)11-8-3-2-7(4-8)5-10/h7-8H,2-6,10H2,1H3,(H,11,12)/t7-,8+/m0/s1. The minimum absolute atomic E-state index is 0.0230. The lowest BCUT2D eigenvalue weighted by atomic mass is 10.1. The van der Waals surface area contributed by atoms with Crippen molar-refractivity contribution in [2.75, 3.05) is 20.3 Å². The Bertz CT molecular complexity index is 173. The van der Waals surface area contributed by atoms with Gasteiger partial charge in [0.25, 0.3) is 0 Å². The molecular formula is C9H18N2O2. The number of nitrogens with two attached hydrogens (primary N) is 1. The van der Waals surface area contributed by atoms with E-state index in [1.54, 1.807) is 0 Å². The number of hydrogen-bond acceptors (Lipinski definition) is 3. The third-order valence-electron chi connectivity index (χ3n) is 2.52. The molecule has 1 amide bonds. The third-order valence-corrected chi connectivity index (χ3v) is 2.52. The van der Waals surface area contributed by atoms with E-state index in [2.05, 4.69) is 5.32 Å². The highest BCUT2D eigenvalue weighted by Gasteiger charge is 2.24. The quantitative estimate of drug-likeness (QED) is 0.643. The Balaban J connectivity index is 2.19. The van der Waals surface area contributed by atoms with E-state index in [-0.39, 0.29) is 12.5 Å². The van der Waals surface area contributed by atoms with E-state index < -0.39 is 0 Å². The van der Waals surface area contributed by atoms with Crippen LogP contribution in [0, 0.1) is 5.92 Å². The van der Waals surface area contributed by atoms with Gasteiger partial charge in [-0.25, -0.2) is 0 Å². The Kier molecular flexibility index (Phi) is 4.18. The summed E-state index contributed by atoms with van der Waals surface area (Å²) < 4.78 is 4.73. The largest absolute Gasteiger partial charge is 0.375 e. The highest BCUT2D eigenvalue weighted by atomic mass is 16.5. The van der Waals surface area contributed by atoms with Crippen LogP contribution in [-0.4, -0.2) is 32.2 Å². The fourth-order valence-corrected chi connectivity index (χ4v) is 1.82. The lowest BCUT2D eigenvalue weighted by Gasteiger charge is -2.12. The Hall–Kier alpha value is -0.610. The minimum Gasteiger partial charge on any atom is -0.375 e. The van der Waals surface area contributed by atoms with Crippen molar-refractivity contribution in [2.45, 2.75) is 25.3 Å². The van der Waals surface area contributed by atoms with Gasteiger partial charge in [0, 0.05) is 13.2 Å². The molecule has 0 aromatic rings. The number of hydrogen-bond donors (Lipinski definition) is 2. The van der Waals surface area contributed by atoms with Gasteiger partial charge < -0.3 is 15.8 Å². The van der Waals surface area contributed by atoms with Gasteiger partial charge in [0.2, 0.25) is 5.91 Å². The molecule has 3 N–H and O–H groups in total. The van der Waals surface area contributed by atoms with Crippen molar-refractivity contribution < 1.29 is 9.53 Å². The van der Waals surface area contributed by atoms with Crippen molar-refractivity contribution in [3.8, 4) is 0 Å². The Morgan fingerprint density at radius 1 is 1.62 bits per heavy atom. The van der Waals surface area contributed by atoms with Crippen LogP contribution < -0.4 is 11.1 Å². The summed E-state index contributed by atoms with van der Waals surface area (Å²) in [6.07, 6.45) is 3.21. The molecule has 1 aliphatic rings. The second kappa shape index (κ2) is 5.19. The normalized spacial score (nSPS) is 27.5. The second-order valence-electron chi connectivity index (χ2n) is 3.61. The number of carbonyl (C=O) groups excluding carboxylic acids is 1. The first kappa shape index (κ1) is 10.5. The van der Waals surface area contributed by atoms with Gasteiger partial charge in [-0.05, 0) is 31.7 Å². The molecule has 1 aliphatic carbocycles. The number of carbonyl (C=O) groups is 1. The highest BCUT2D eigenvalue weighted by Crippen LogP contribution is 2.24. The second-order valence-corrected chi connectivity index (χ2v) is 3.61. The van der Waals surface area contributed by atoms with Gasteiger partial charge in [-0.2, -0.15) is 0 Å². The predicted octanol–water partition coefficient (Wildman–Crippen LogP) is -0.124. The van der Waals surface area contributed by atoms with E-state index in [4.69, 9.17) is 10.5 Å². The molecule has 0 heterocycles. The van der Waals surface area contributed by atoms with Crippen molar-refractivity contribution in [1.82, 2.24) is 5.32 Å². The summed E-state index contributed by atoms with van der Waals surface area (Å²) in [4.78, 5) is 11.1. The number of methoxy groups -OCH3 is 1. The van der Waals surface area contributed by atoms with Crippen molar-refractivity contribution in [2.24, 2.45) is 11.7 Å². The molecule has 4 heteroatoms. The molecule has 1 saturated carbocycles. The van der Waals surface area contributed by atoms with Crippen LogP contribution in [0.5, 0.6) is 0 Å². The highest BCUT2D eigenvalue weighted by molar-refractivity contribution is 5.77. The molecule has 1 rings (SSSR count). The summed E-state index contributed by atoms with van der Waals surface area (Å²) in [6.45, 7) is 0.889. The van der Waals surface area contributed by atoms with Gasteiger partial charge >= 0.3 is 0 Å². The molecule has 0 aromatic carbocycles. The predicted molar refractivity (Wildman–Crippen MR) is 50.2 cm³/mol. The van der Waals surface area contributed by atoms with Crippen molar-refractivity contribution in [3.05, 3.63) is 0 Å². The minimum atomic E-state index is -0.0230. The summed E-state index contributed by atoms with van der Waals surface area (Å²) in [7, 11) is 1.52. The zero-order valence-corrected chi connectivity index (χ0v) is 8.08. The molecule has 13 heavy (non-hydrogen) atoms. The fraction of sp³-hybridized carbons (Fsp3) is 0.889. The number of rotatable bonds is 4. The summed E-state index contributed by atoms with van der Waals surface area (Å²) in [5, 5.41) is 2.92. The summed E-state index contributed by atoms with van der Waals surface area (Å²) in [5.41, 5.74) is 5.55. The lowest BCUT2D eigenvalue weighted by Crippen LogP contribution is -2.35. The molecule has 0 aromatic heterocycles. The van der Waals surface area contributed by atoms with Gasteiger partial charge in [-0.15, -0.1) is 0 Å². The van der Waals surface area contributed by atoms with E-state index in [0.29, 0.717) is 12.0 Å².